The fourth-order valence-electron chi connectivity index (χ4n) is 1.21. The number of hydrogen-bond acceptors (Lipinski definition) is 3. The van der Waals surface area contributed by atoms with Gasteiger partial charge in [0.2, 0.25) is 5.91 Å². The number of carbonyl (C=O) groups is 1. The van der Waals surface area contributed by atoms with Crippen LogP contribution in [-0.2, 0) is 4.79 Å². The summed E-state index contributed by atoms with van der Waals surface area (Å²) in [7, 11) is 0. The SMILES string of the molecule is CCN(CCO)C(=O)CCNC(C)C. The average Bonchev–Trinajstić information content (AvgIpc) is 2.13. The van der Waals surface area contributed by atoms with Crippen LogP contribution in [0.15, 0.2) is 0 Å². The zero-order valence-corrected chi connectivity index (χ0v) is 9.42. The number of nitrogens with one attached hydrogen (secondary N) is 1. The molecule has 0 spiro atoms. The average molecular weight is 202 g/mol. The molecular weight excluding hydrogens is 180 g/mol. The van der Waals surface area contributed by atoms with Gasteiger partial charge in [0.15, 0.2) is 0 Å². The molecule has 0 aromatic heterocycles. The molecule has 0 bridgehead atoms. The second kappa shape index (κ2) is 7.76. The van der Waals surface area contributed by atoms with Crippen molar-refractivity contribution in [1.82, 2.24) is 10.2 Å². The molecule has 4 nitrogen and oxygen atoms in total. The maximum absolute atomic E-state index is 11.5. The van der Waals surface area contributed by atoms with Crippen LogP contribution in [0, 0.1) is 0 Å². The molecule has 0 aliphatic heterocycles. The van der Waals surface area contributed by atoms with Crippen LogP contribution in [0.5, 0.6) is 0 Å². The third kappa shape index (κ3) is 5.94. The van der Waals surface area contributed by atoms with E-state index in [-0.39, 0.29) is 12.5 Å². The molecule has 0 aliphatic rings. The minimum absolute atomic E-state index is 0.0389. The van der Waals surface area contributed by atoms with Gasteiger partial charge in [0.05, 0.1) is 6.61 Å². The third-order valence-electron chi connectivity index (χ3n) is 2.00. The first kappa shape index (κ1) is 13.4. The quantitative estimate of drug-likeness (QED) is 0.621. The van der Waals surface area contributed by atoms with Crippen LogP contribution in [0.2, 0.25) is 0 Å². The molecule has 2 N–H and O–H groups in total. The van der Waals surface area contributed by atoms with Gasteiger partial charge in [0.1, 0.15) is 0 Å². The molecule has 0 aliphatic carbocycles. The lowest BCUT2D eigenvalue weighted by molar-refractivity contribution is -0.131. The van der Waals surface area contributed by atoms with E-state index in [2.05, 4.69) is 19.2 Å². The molecule has 0 aromatic carbocycles. The summed E-state index contributed by atoms with van der Waals surface area (Å²) in [4.78, 5) is 13.2. The lowest BCUT2D eigenvalue weighted by Gasteiger charge is -2.20. The fourth-order valence-corrected chi connectivity index (χ4v) is 1.21. The second-order valence-corrected chi connectivity index (χ2v) is 3.56. The monoisotopic (exact) mass is 202 g/mol. The minimum atomic E-state index is 0.0389. The van der Waals surface area contributed by atoms with Crippen LogP contribution >= 0.6 is 0 Å². The summed E-state index contributed by atoms with van der Waals surface area (Å²) in [5, 5.41) is 11.9. The first-order valence-electron chi connectivity index (χ1n) is 5.23. The number of nitrogens with zero attached hydrogens (tertiary/aromatic N) is 1. The molecule has 0 heterocycles. The topological polar surface area (TPSA) is 52.6 Å². The van der Waals surface area contributed by atoms with Gasteiger partial charge >= 0.3 is 0 Å². The molecule has 0 fully saturated rings. The largest absolute Gasteiger partial charge is 0.395 e. The number of likely N-dealkylation sites (N-methyl/N-ethyl adjacent to an activating group) is 1. The highest BCUT2D eigenvalue weighted by Gasteiger charge is 2.09. The molecular formula is C10H22N2O2. The van der Waals surface area contributed by atoms with Gasteiger partial charge in [0, 0.05) is 32.1 Å². The molecule has 84 valence electrons. The van der Waals surface area contributed by atoms with Crippen LogP contribution in [0.4, 0.5) is 0 Å². The number of aliphatic hydroxyl groups is 1. The van der Waals surface area contributed by atoms with Crippen molar-refractivity contribution in [3.05, 3.63) is 0 Å². The zero-order chi connectivity index (χ0) is 11.0. The molecule has 0 atom stereocenters. The van der Waals surface area contributed by atoms with Gasteiger partial charge < -0.3 is 15.3 Å². The zero-order valence-electron chi connectivity index (χ0n) is 9.42. The highest BCUT2D eigenvalue weighted by Crippen LogP contribution is 1.93. The van der Waals surface area contributed by atoms with Crippen molar-refractivity contribution in [2.75, 3.05) is 26.2 Å². The summed E-state index contributed by atoms with van der Waals surface area (Å²) in [6, 6.07) is 0.413. The number of carbonyl (C=O) groups excluding carboxylic acids is 1. The van der Waals surface area contributed by atoms with Crippen LogP contribution < -0.4 is 5.32 Å². The van der Waals surface area contributed by atoms with E-state index < -0.39 is 0 Å². The van der Waals surface area contributed by atoms with Crippen molar-refractivity contribution in [3.63, 3.8) is 0 Å². The summed E-state index contributed by atoms with van der Waals surface area (Å²) < 4.78 is 0. The van der Waals surface area contributed by atoms with E-state index in [1.807, 2.05) is 6.92 Å². The molecule has 14 heavy (non-hydrogen) atoms. The number of hydrogen-bond donors (Lipinski definition) is 2. The van der Waals surface area contributed by atoms with Crippen LogP contribution in [0.1, 0.15) is 27.2 Å². The molecule has 0 saturated carbocycles. The Morgan fingerprint density at radius 1 is 1.50 bits per heavy atom. The van der Waals surface area contributed by atoms with E-state index in [1.54, 1.807) is 4.90 Å². The second-order valence-electron chi connectivity index (χ2n) is 3.56. The van der Waals surface area contributed by atoms with Crippen LogP contribution in [-0.4, -0.2) is 48.2 Å². The summed E-state index contributed by atoms with van der Waals surface area (Å²) in [6.45, 7) is 7.88. The van der Waals surface area contributed by atoms with Gasteiger partial charge in [0.25, 0.3) is 0 Å². The van der Waals surface area contributed by atoms with E-state index in [0.717, 1.165) is 0 Å². The Labute approximate surface area is 86.3 Å². The summed E-state index contributed by atoms with van der Waals surface area (Å²) in [5.41, 5.74) is 0. The lowest BCUT2D eigenvalue weighted by Crippen LogP contribution is -2.36. The highest BCUT2D eigenvalue weighted by atomic mass is 16.3. The Morgan fingerprint density at radius 2 is 2.14 bits per heavy atom. The highest BCUT2D eigenvalue weighted by molar-refractivity contribution is 5.76. The van der Waals surface area contributed by atoms with E-state index in [0.29, 0.717) is 32.1 Å². The molecule has 0 unspecified atom stereocenters. The summed E-state index contributed by atoms with van der Waals surface area (Å²) in [5.74, 6) is 0.106. The van der Waals surface area contributed by atoms with Crippen molar-refractivity contribution in [3.8, 4) is 0 Å². The maximum Gasteiger partial charge on any atom is 0.223 e. The van der Waals surface area contributed by atoms with E-state index in [1.165, 1.54) is 0 Å². The van der Waals surface area contributed by atoms with Gasteiger partial charge in [-0.3, -0.25) is 4.79 Å². The molecule has 1 amide bonds. The first-order chi connectivity index (χ1) is 6.61. The maximum atomic E-state index is 11.5. The Bertz CT molecular complexity index is 160. The number of rotatable bonds is 7. The fraction of sp³-hybridized carbons (Fsp3) is 0.900. The van der Waals surface area contributed by atoms with Crippen molar-refractivity contribution in [2.24, 2.45) is 0 Å². The van der Waals surface area contributed by atoms with Crippen molar-refractivity contribution in [2.45, 2.75) is 33.2 Å². The summed E-state index contributed by atoms with van der Waals surface area (Å²) in [6.07, 6.45) is 0.506. The van der Waals surface area contributed by atoms with Crippen LogP contribution in [0.25, 0.3) is 0 Å². The number of aliphatic hydroxyl groups excluding tert-OH is 1. The van der Waals surface area contributed by atoms with Gasteiger partial charge in [-0.05, 0) is 6.92 Å². The predicted octanol–water partition coefficient (Wildman–Crippen LogP) is 0.215. The third-order valence-corrected chi connectivity index (χ3v) is 2.00. The van der Waals surface area contributed by atoms with Gasteiger partial charge in [-0.1, -0.05) is 13.8 Å². The van der Waals surface area contributed by atoms with Gasteiger partial charge in [-0.2, -0.15) is 0 Å². The van der Waals surface area contributed by atoms with E-state index >= 15 is 0 Å². The standard InChI is InChI=1S/C10H22N2O2/c1-4-12(7-8-13)10(14)5-6-11-9(2)3/h9,11,13H,4-8H2,1-3H3. The van der Waals surface area contributed by atoms with Crippen LogP contribution in [0.3, 0.4) is 0 Å². The van der Waals surface area contributed by atoms with Gasteiger partial charge in [-0.15, -0.1) is 0 Å². The smallest absolute Gasteiger partial charge is 0.223 e. The van der Waals surface area contributed by atoms with Crippen molar-refractivity contribution >= 4 is 5.91 Å². The van der Waals surface area contributed by atoms with E-state index in [9.17, 15) is 4.79 Å². The molecule has 0 rings (SSSR count). The minimum Gasteiger partial charge on any atom is -0.395 e. The summed E-state index contributed by atoms with van der Waals surface area (Å²) >= 11 is 0. The Morgan fingerprint density at radius 3 is 2.57 bits per heavy atom. The van der Waals surface area contributed by atoms with E-state index in [4.69, 9.17) is 5.11 Å². The molecule has 0 radical (unpaired) electrons. The number of amides is 1. The lowest BCUT2D eigenvalue weighted by atomic mass is 10.3. The Hall–Kier alpha value is -0.610. The Balaban J connectivity index is 3.69. The van der Waals surface area contributed by atoms with Crippen molar-refractivity contribution in [1.29, 1.82) is 0 Å². The predicted molar refractivity (Wildman–Crippen MR) is 57.1 cm³/mol. The molecule has 4 heteroatoms. The molecule has 0 aromatic rings. The first-order valence-corrected chi connectivity index (χ1v) is 5.23. The normalized spacial score (nSPS) is 10.6. The van der Waals surface area contributed by atoms with Gasteiger partial charge in [-0.25, -0.2) is 0 Å². The Kier molecular flexibility index (Phi) is 7.42. The molecule has 0 saturated heterocycles. The van der Waals surface area contributed by atoms with Crippen molar-refractivity contribution < 1.29 is 9.90 Å².